The molecule has 5 nitrogen and oxygen atoms in total. The maximum atomic E-state index is 10.4. The van der Waals surface area contributed by atoms with Crippen molar-refractivity contribution in [1.82, 2.24) is 14.7 Å². The van der Waals surface area contributed by atoms with E-state index in [0.717, 1.165) is 11.3 Å². The highest BCUT2D eigenvalue weighted by Crippen LogP contribution is 2.24. The maximum Gasteiger partial charge on any atom is 0.137 e. The van der Waals surface area contributed by atoms with Gasteiger partial charge in [0.15, 0.2) is 0 Å². The topological polar surface area (TPSA) is 58.8 Å². The third kappa shape index (κ3) is 2.49. The third-order valence-corrected chi connectivity index (χ3v) is 3.81. The first-order valence-electron chi connectivity index (χ1n) is 6.65. The predicted molar refractivity (Wildman–Crippen MR) is 71.9 cm³/mol. The molecule has 0 radical (unpaired) electrons. The zero-order chi connectivity index (χ0) is 13.3. The van der Waals surface area contributed by atoms with Gasteiger partial charge in [-0.1, -0.05) is 6.07 Å². The lowest BCUT2D eigenvalue weighted by Gasteiger charge is -2.26. The Morgan fingerprint density at radius 1 is 1.58 bits per heavy atom. The largest absolute Gasteiger partial charge is 0.386 e. The molecule has 1 fully saturated rings. The molecule has 0 amide bonds. The summed E-state index contributed by atoms with van der Waals surface area (Å²) in [5.41, 5.74) is 1.16. The molecular weight excluding hydrogens is 242 g/mol. The molecule has 1 saturated heterocycles. The van der Waals surface area contributed by atoms with Gasteiger partial charge < -0.3 is 19.6 Å². The minimum absolute atomic E-state index is 0.110. The first-order chi connectivity index (χ1) is 9.17. The van der Waals surface area contributed by atoms with E-state index in [1.807, 2.05) is 41.9 Å². The van der Waals surface area contributed by atoms with Crippen LogP contribution in [-0.4, -0.2) is 39.3 Å². The lowest BCUT2D eigenvalue weighted by molar-refractivity contribution is -0.0263. The molecule has 2 unspecified atom stereocenters. The van der Waals surface area contributed by atoms with E-state index in [9.17, 15) is 5.11 Å². The Labute approximate surface area is 112 Å². The number of aliphatic hydroxyl groups is 1. The smallest absolute Gasteiger partial charge is 0.137 e. The van der Waals surface area contributed by atoms with Crippen LogP contribution < -0.4 is 5.32 Å². The van der Waals surface area contributed by atoms with Gasteiger partial charge >= 0.3 is 0 Å². The fourth-order valence-electron chi connectivity index (χ4n) is 2.48. The maximum absolute atomic E-state index is 10.4. The van der Waals surface area contributed by atoms with Crippen LogP contribution in [0.4, 0.5) is 0 Å². The van der Waals surface area contributed by atoms with Crippen LogP contribution in [0.5, 0.6) is 0 Å². The zero-order valence-electron chi connectivity index (χ0n) is 11.0. The number of ether oxygens (including phenoxy) is 1. The van der Waals surface area contributed by atoms with Crippen LogP contribution in [0.15, 0.2) is 30.6 Å². The summed E-state index contributed by atoms with van der Waals surface area (Å²) in [7, 11) is 0. The molecule has 3 heterocycles. The standard InChI is InChI=1S/C14H19N3O2/c1-11-14(18,5-7-19-11)10-15-8-12-9-17-6-3-2-4-13(17)16-12/h2-4,6,9,11,15,18H,5,7-8,10H2,1H3. The van der Waals surface area contributed by atoms with E-state index in [1.165, 1.54) is 0 Å². The molecule has 0 aliphatic carbocycles. The van der Waals surface area contributed by atoms with Crippen molar-refractivity contribution in [2.45, 2.75) is 31.6 Å². The number of aromatic nitrogens is 2. The average molecular weight is 261 g/mol. The van der Waals surface area contributed by atoms with Crippen molar-refractivity contribution in [3.05, 3.63) is 36.3 Å². The Balaban J connectivity index is 1.60. The molecule has 19 heavy (non-hydrogen) atoms. The number of imidazole rings is 1. The summed E-state index contributed by atoms with van der Waals surface area (Å²) < 4.78 is 7.40. The van der Waals surface area contributed by atoms with Crippen molar-refractivity contribution < 1.29 is 9.84 Å². The minimum Gasteiger partial charge on any atom is -0.386 e. The van der Waals surface area contributed by atoms with Gasteiger partial charge in [0.1, 0.15) is 11.2 Å². The second kappa shape index (κ2) is 4.92. The first-order valence-corrected chi connectivity index (χ1v) is 6.65. The van der Waals surface area contributed by atoms with Gasteiger partial charge in [0.2, 0.25) is 0 Å². The molecule has 102 valence electrons. The monoisotopic (exact) mass is 261 g/mol. The highest BCUT2D eigenvalue weighted by atomic mass is 16.5. The molecule has 5 heteroatoms. The number of rotatable bonds is 4. The van der Waals surface area contributed by atoms with Crippen molar-refractivity contribution in [1.29, 1.82) is 0 Å². The van der Waals surface area contributed by atoms with Crippen molar-refractivity contribution in [3.63, 3.8) is 0 Å². The van der Waals surface area contributed by atoms with Crippen LogP contribution in [0.25, 0.3) is 5.65 Å². The van der Waals surface area contributed by atoms with E-state index in [2.05, 4.69) is 10.3 Å². The molecule has 2 atom stereocenters. The van der Waals surface area contributed by atoms with Crippen LogP contribution in [0, 0.1) is 0 Å². The summed E-state index contributed by atoms with van der Waals surface area (Å²) >= 11 is 0. The zero-order valence-corrected chi connectivity index (χ0v) is 11.0. The summed E-state index contributed by atoms with van der Waals surface area (Å²) in [6, 6.07) is 5.93. The fourth-order valence-corrected chi connectivity index (χ4v) is 2.48. The van der Waals surface area contributed by atoms with Crippen LogP contribution >= 0.6 is 0 Å². The van der Waals surface area contributed by atoms with Gasteiger partial charge in [0.05, 0.1) is 11.8 Å². The van der Waals surface area contributed by atoms with E-state index < -0.39 is 5.60 Å². The van der Waals surface area contributed by atoms with Crippen LogP contribution in [-0.2, 0) is 11.3 Å². The normalized spacial score (nSPS) is 27.2. The van der Waals surface area contributed by atoms with E-state index in [-0.39, 0.29) is 6.10 Å². The van der Waals surface area contributed by atoms with E-state index in [1.54, 1.807) is 0 Å². The van der Waals surface area contributed by atoms with Gasteiger partial charge in [0, 0.05) is 38.5 Å². The number of hydrogen-bond acceptors (Lipinski definition) is 4. The van der Waals surface area contributed by atoms with E-state index in [4.69, 9.17) is 4.74 Å². The van der Waals surface area contributed by atoms with Crippen molar-refractivity contribution in [2.75, 3.05) is 13.2 Å². The number of fused-ring (bicyclic) bond motifs is 1. The van der Waals surface area contributed by atoms with E-state index >= 15 is 0 Å². The SMILES string of the molecule is CC1OCCC1(O)CNCc1cn2ccccc2n1. The van der Waals surface area contributed by atoms with Crippen LogP contribution in [0.2, 0.25) is 0 Å². The predicted octanol–water partition coefficient (Wildman–Crippen LogP) is 0.964. The molecule has 0 spiro atoms. The number of pyridine rings is 1. The molecular formula is C14H19N3O2. The molecule has 1 aliphatic rings. The van der Waals surface area contributed by atoms with Gasteiger partial charge in [-0.2, -0.15) is 0 Å². The first kappa shape index (κ1) is 12.6. The van der Waals surface area contributed by atoms with Crippen LogP contribution in [0.3, 0.4) is 0 Å². The molecule has 2 aromatic heterocycles. The highest BCUT2D eigenvalue weighted by molar-refractivity contribution is 5.39. The summed E-state index contributed by atoms with van der Waals surface area (Å²) in [6.07, 6.45) is 4.56. The minimum atomic E-state index is -0.751. The fraction of sp³-hybridized carbons (Fsp3) is 0.500. The lowest BCUT2D eigenvalue weighted by atomic mass is 9.97. The number of nitrogens with one attached hydrogen (secondary N) is 1. The Morgan fingerprint density at radius 2 is 2.47 bits per heavy atom. The van der Waals surface area contributed by atoms with Gasteiger partial charge in [-0.25, -0.2) is 4.98 Å². The lowest BCUT2D eigenvalue weighted by Crippen LogP contribution is -2.45. The Bertz CT molecular complexity index is 536. The second-order valence-electron chi connectivity index (χ2n) is 5.17. The average Bonchev–Trinajstić information content (AvgIpc) is 2.94. The Kier molecular flexibility index (Phi) is 3.26. The summed E-state index contributed by atoms with van der Waals surface area (Å²) in [5.74, 6) is 0. The van der Waals surface area contributed by atoms with Crippen LogP contribution in [0.1, 0.15) is 19.0 Å². The molecule has 0 aromatic carbocycles. The Hall–Kier alpha value is -1.43. The molecule has 2 N–H and O–H groups in total. The third-order valence-electron chi connectivity index (χ3n) is 3.81. The Morgan fingerprint density at radius 3 is 3.21 bits per heavy atom. The van der Waals surface area contributed by atoms with Gasteiger partial charge in [-0.3, -0.25) is 0 Å². The van der Waals surface area contributed by atoms with Gasteiger partial charge in [-0.15, -0.1) is 0 Å². The summed E-state index contributed by atoms with van der Waals surface area (Å²) in [6.45, 7) is 3.73. The van der Waals surface area contributed by atoms with E-state index in [0.29, 0.717) is 26.1 Å². The molecule has 1 aliphatic heterocycles. The number of hydrogen-bond donors (Lipinski definition) is 2. The molecule has 2 aromatic rings. The van der Waals surface area contributed by atoms with Gasteiger partial charge in [-0.05, 0) is 19.1 Å². The number of nitrogens with zero attached hydrogens (tertiary/aromatic N) is 2. The second-order valence-corrected chi connectivity index (χ2v) is 5.17. The summed E-state index contributed by atoms with van der Waals surface area (Å²) in [4.78, 5) is 4.51. The quantitative estimate of drug-likeness (QED) is 0.861. The van der Waals surface area contributed by atoms with Crippen molar-refractivity contribution >= 4 is 5.65 Å². The summed E-state index contributed by atoms with van der Waals surface area (Å²) in [5, 5.41) is 13.6. The van der Waals surface area contributed by atoms with Crippen molar-refractivity contribution in [3.8, 4) is 0 Å². The molecule has 0 saturated carbocycles. The van der Waals surface area contributed by atoms with Gasteiger partial charge in [0.25, 0.3) is 0 Å². The molecule has 3 rings (SSSR count). The molecule has 0 bridgehead atoms. The van der Waals surface area contributed by atoms with Crippen molar-refractivity contribution in [2.24, 2.45) is 0 Å². The highest BCUT2D eigenvalue weighted by Gasteiger charge is 2.38.